The molecule has 8 nitrogen and oxygen atoms in total. The second-order valence-electron chi connectivity index (χ2n) is 5.90. The topological polar surface area (TPSA) is 121 Å². The first-order chi connectivity index (χ1) is 12.8. The predicted octanol–water partition coefficient (Wildman–Crippen LogP) is 3.96. The van der Waals surface area contributed by atoms with E-state index in [0.717, 1.165) is 23.1 Å². The van der Waals surface area contributed by atoms with Crippen LogP contribution in [-0.4, -0.2) is 66.4 Å². The molecule has 2 aromatic rings. The van der Waals surface area contributed by atoms with Crippen LogP contribution in [0.2, 0.25) is 0 Å². The van der Waals surface area contributed by atoms with Crippen LogP contribution in [0.5, 0.6) is 0 Å². The van der Waals surface area contributed by atoms with E-state index in [2.05, 4.69) is 31.1 Å². The standard InChI is InChI=1S/C17H22BrN5O3S.Na/c1-2-8-23(9-3-10-27(24,25)26)14-5-6-16(15(19)11-14)21-22-17-7-4-13(18)12-20-17;/h4-7,11-12H,2-3,8-10,19H2,1H3,(H,24,25,26);. The quantitative estimate of drug-likeness (QED) is 0.243. The Morgan fingerprint density at radius 3 is 2.54 bits per heavy atom. The molecule has 28 heavy (non-hydrogen) atoms. The number of pyridine rings is 1. The van der Waals surface area contributed by atoms with E-state index in [4.69, 9.17) is 10.3 Å². The van der Waals surface area contributed by atoms with E-state index < -0.39 is 10.1 Å². The molecule has 11 heteroatoms. The summed E-state index contributed by atoms with van der Waals surface area (Å²) >= 11 is 3.31. The van der Waals surface area contributed by atoms with Crippen LogP contribution in [0.25, 0.3) is 0 Å². The van der Waals surface area contributed by atoms with Gasteiger partial charge in [0.15, 0.2) is 5.82 Å². The molecule has 0 amide bonds. The number of hydrogen-bond donors (Lipinski definition) is 2. The second kappa shape index (κ2) is 11.8. The minimum Gasteiger partial charge on any atom is -0.397 e. The van der Waals surface area contributed by atoms with Crippen LogP contribution < -0.4 is 10.6 Å². The monoisotopic (exact) mass is 478 g/mol. The van der Waals surface area contributed by atoms with Gasteiger partial charge in [-0.1, -0.05) is 6.92 Å². The SMILES string of the molecule is CCCN(CCCS(=O)(=O)O)c1ccc(N=Nc2ccc(Br)cn2)c(N)c1.[Na]. The Kier molecular flexibility index (Phi) is 10.6. The van der Waals surface area contributed by atoms with Crippen LogP contribution in [0.15, 0.2) is 51.2 Å². The number of benzene rings is 1. The summed E-state index contributed by atoms with van der Waals surface area (Å²) < 4.78 is 31.5. The van der Waals surface area contributed by atoms with Crippen molar-refractivity contribution in [1.29, 1.82) is 0 Å². The van der Waals surface area contributed by atoms with E-state index in [9.17, 15) is 8.42 Å². The fourth-order valence-corrected chi connectivity index (χ4v) is 3.17. The van der Waals surface area contributed by atoms with Gasteiger partial charge < -0.3 is 10.6 Å². The largest absolute Gasteiger partial charge is 0.397 e. The number of nitrogens with two attached hydrogens (primary N) is 1. The maximum Gasteiger partial charge on any atom is 0.264 e. The molecule has 147 valence electrons. The molecule has 0 atom stereocenters. The van der Waals surface area contributed by atoms with E-state index in [0.29, 0.717) is 30.2 Å². The first-order valence-electron chi connectivity index (χ1n) is 8.41. The van der Waals surface area contributed by atoms with Gasteiger partial charge >= 0.3 is 0 Å². The number of nitrogens with zero attached hydrogens (tertiary/aromatic N) is 4. The van der Waals surface area contributed by atoms with Gasteiger partial charge in [0.05, 0.1) is 11.4 Å². The van der Waals surface area contributed by atoms with E-state index in [1.54, 1.807) is 24.4 Å². The molecule has 1 aromatic heterocycles. The third-order valence-corrected chi connectivity index (χ3v) is 4.95. The van der Waals surface area contributed by atoms with Crippen molar-refractivity contribution in [2.75, 3.05) is 29.5 Å². The minimum absolute atomic E-state index is 0. The van der Waals surface area contributed by atoms with Crippen molar-refractivity contribution in [2.24, 2.45) is 10.2 Å². The molecule has 0 bridgehead atoms. The van der Waals surface area contributed by atoms with Crippen LogP contribution in [0.4, 0.5) is 22.9 Å². The number of halogens is 1. The van der Waals surface area contributed by atoms with Crippen molar-refractivity contribution in [2.45, 2.75) is 19.8 Å². The number of aromatic nitrogens is 1. The second-order valence-corrected chi connectivity index (χ2v) is 8.39. The summed E-state index contributed by atoms with van der Waals surface area (Å²) in [6, 6.07) is 8.97. The Hall–Kier alpha value is -1.04. The number of anilines is 2. The van der Waals surface area contributed by atoms with E-state index in [1.807, 2.05) is 24.0 Å². The van der Waals surface area contributed by atoms with E-state index in [1.165, 1.54) is 0 Å². The molecule has 1 radical (unpaired) electrons. The van der Waals surface area contributed by atoms with Crippen molar-refractivity contribution < 1.29 is 13.0 Å². The summed E-state index contributed by atoms with van der Waals surface area (Å²) in [5, 5.41) is 8.21. The molecule has 0 aliphatic heterocycles. The third-order valence-electron chi connectivity index (χ3n) is 3.67. The number of rotatable bonds is 9. The summed E-state index contributed by atoms with van der Waals surface area (Å²) in [5.41, 5.74) is 7.95. The first kappa shape index (κ1) is 25.0. The molecule has 0 aliphatic rings. The summed E-state index contributed by atoms with van der Waals surface area (Å²) in [6.07, 6.45) is 2.86. The van der Waals surface area contributed by atoms with Gasteiger partial charge in [0, 0.05) is 59.0 Å². The Morgan fingerprint density at radius 2 is 1.96 bits per heavy atom. The molecule has 0 unspecified atom stereocenters. The van der Waals surface area contributed by atoms with E-state index in [-0.39, 0.29) is 35.3 Å². The Morgan fingerprint density at radius 1 is 1.21 bits per heavy atom. The fraction of sp³-hybridized carbons (Fsp3) is 0.353. The Balaban J connectivity index is 0.00000392. The van der Waals surface area contributed by atoms with Crippen LogP contribution in [0, 0.1) is 0 Å². The van der Waals surface area contributed by atoms with Crippen molar-refractivity contribution >= 4 is 78.5 Å². The van der Waals surface area contributed by atoms with Gasteiger partial charge in [-0.2, -0.15) is 8.42 Å². The van der Waals surface area contributed by atoms with Gasteiger partial charge in [0.25, 0.3) is 10.1 Å². The van der Waals surface area contributed by atoms with Gasteiger partial charge in [0.1, 0.15) is 5.69 Å². The summed E-state index contributed by atoms with van der Waals surface area (Å²) in [6.45, 7) is 3.28. The number of hydrogen-bond acceptors (Lipinski definition) is 7. The first-order valence-corrected chi connectivity index (χ1v) is 10.8. The van der Waals surface area contributed by atoms with Crippen LogP contribution in [0.1, 0.15) is 19.8 Å². The molecule has 0 saturated heterocycles. The normalized spacial score (nSPS) is 11.4. The minimum atomic E-state index is -3.96. The maximum absolute atomic E-state index is 10.9. The molecular formula is C17H22BrN5NaO3S. The molecular weight excluding hydrogens is 457 g/mol. The zero-order chi connectivity index (χ0) is 19.9. The van der Waals surface area contributed by atoms with Crippen LogP contribution in [0.3, 0.4) is 0 Å². The molecule has 2 rings (SSSR count). The molecule has 0 aliphatic carbocycles. The fourth-order valence-electron chi connectivity index (χ4n) is 2.44. The summed E-state index contributed by atoms with van der Waals surface area (Å²) in [4.78, 5) is 6.15. The van der Waals surface area contributed by atoms with Crippen molar-refractivity contribution in [3.8, 4) is 0 Å². The third kappa shape index (κ3) is 8.54. The van der Waals surface area contributed by atoms with Gasteiger partial charge in [-0.3, -0.25) is 4.55 Å². The summed E-state index contributed by atoms with van der Waals surface area (Å²) in [7, 11) is -3.96. The average molecular weight is 479 g/mol. The summed E-state index contributed by atoms with van der Waals surface area (Å²) in [5.74, 6) is 0.203. The van der Waals surface area contributed by atoms with Gasteiger partial charge in [0.2, 0.25) is 0 Å². The van der Waals surface area contributed by atoms with Gasteiger partial charge in [-0.05, 0) is 59.1 Å². The zero-order valence-electron chi connectivity index (χ0n) is 15.9. The van der Waals surface area contributed by atoms with Crippen molar-refractivity contribution in [1.82, 2.24) is 4.98 Å². The predicted molar refractivity (Wildman–Crippen MR) is 116 cm³/mol. The molecule has 3 N–H and O–H groups in total. The number of nitrogen functional groups attached to an aromatic ring is 1. The Labute approximate surface area is 195 Å². The van der Waals surface area contributed by atoms with E-state index >= 15 is 0 Å². The molecule has 1 heterocycles. The molecule has 1 aromatic carbocycles. The zero-order valence-corrected chi connectivity index (χ0v) is 20.3. The molecule has 0 spiro atoms. The number of azo groups is 1. The Bertz CT molecular complexity index is 894. The average Bonchev–Trinajstić information content (AvgIpc) is 2.60. The van der Waals surface area contributed by atoms with Crippen LogP contribution >= 0.6 is 15.9 Å². The van der Waals surface area contributed by atoms with Gasteiger partial charge in [-0.25, -0.2) is 4.98 Å². The maximum atomic E-state index is 10.9. The smallest absolute Gasteiger partial charge is 0.264 e. The van der Waals surface area contributed by atoms with Crippen molar-refractivity contribution in [3.63, 3.8) is 0 Å². The van der Waals surface area contributed by atoms with Crippen LogP contribution in [-0.2, 0) is 10.1 Å². The van der Waals surface area contributed by atoms with Gasteiger partial charge in [-0.15, -0.1) is 10.2 Å². The van der Waals surface area contributed by atoms with Crippen molar-refractivity contribution in [3.05, 3.63) is 41.0 Å². The molecule has 0 saturated carbocycles. The molecule has 0 fully saturated rings.